The van der Waals surface area contributed by atoms with Crippen molar-refractivity contribution in [1.82, 2.24) is 0 Å². The molecule has 1 heterocycles. The minimum absolute atomic E-state index is 0.157. The average molecular weight is 360 g/mol. The standard InChI is InChI=1S/C18H20N2O4S/c21-18(24-14-15-7-2-1-3-8-15)19-16-9-6-10-17(13-16)20-11-4-5-12-25(20,22)23/h1-3,6-10,13H,4-5,11-12,14H2,(H,19,21). The van der Waals surface area contributed by atoms with Gasteiger partial charge in [0.2, 0.25) is 10.0 Å². The second-order valence-corrected chi connectivity index (χ2v) is 7.85. The van der Waals surface area contributed by atoms with Crippen LogP contribution in [0.15, 0.2) is 54.6 Å². The fourth-order valence-electron chi connectivity index (χ4n) is 2.69. The molecule has 1 saturated heterocycles. The topological polar surface area (TPSA) is 75.7 Å². The molecule has 0 unspecified atom stereocenters. The van der Waals surface area contributed by atoms with Crippen LogP contribution in [0.2, 0.25) is 0 Å². The minimum atomic E-state index is -3.28. The molecule has 2 aromatic carbocycles. The van der Waals surface area contributed by atoms with Crippen molar-refractivity contribution >= 4 is 27.5 Å². The third kappa shape index (κ3) is 4.51. The van der Waals surface area contributed by atoms with Crippen LogP contribution in [0.4, 0.5) is 16.2 Å². The van der Waals surface area contributed by atoms with Gasteiger partial charge in [0, 0.05) is 12.2 Å². The van der Waals surface area contributed by atoms with Crippen LogP contribution in [-0.2, 0) is 21.4 Å². The number of nitrogens with zero attached hydrogens (tertiary/aromatic N) is 1. The zero-order chi connectivity index (χ0) is 17.7. The second kappa shape index (κ2) is 7.57. The number of hydrogen-bond acceptors (Lipinski definition) is 4. The van der Waals surface area contributed by atoms with Crippen molar-refractivity contribution in [1.29, 1.82) is 0 Å². The molecule has 0 spiro atoms. The molecule has 132 valence electrons. The molecule has 1 aliphatic rings. The number of carbonyl (C=O) groups is 1. The highest BCUT2D eigenvalue weighted by Crippen LogP contribution is 2.26. The highest BCUT2D eigenvalue weighted by molar-refractivity contribution is 7.92. The van der Waals surface area contributed by atoms with Gasteiger partial charge in [0.15, 0.2) is 0 Å². The van der Waals surface area contributed by atoms with Gasteiger partial charge in [-0.2, -0.15) is 0 Å². The van der Waals surface area contributed by atoms with Crippen molar-refractivity contribution in [3.05, 3.63) is 60.2 Å². The van der Waals surface area contributed by atoms with E-state index in [0.717, 1.165) is 12.0 Å². The van der Waals surface area contributed by atoms with E-state index in [9.17, 15) is 13.2 Å². The van der Waals surface area contributed by atoms with Crippen LogP contribution in [-0.4, -0.2) is 26.8 Å². The number of ether oxygens (including phenoxy) is 1. The van der Waals surface area contributed by atoms with Crippen LogP contribution in [0.25, 0.3) is 0 Å². The molecule has 1 fully saturated rings. The quantitative estimate of drug-likeness (QED) is 0.907. The first-order chi connectivity index (χ1) is 12.0. The number of benzene rings is 2. The molecule has 1 amide bonds. The van der Waals surface area contributed by atoms with E-state index in [1.807, 2.05) is 30.3 Å². The summed E-state index contributed by atoms with van der Waals surface area (Å²) in [6, 6.07) is 16.2. The van der Waals surface area contributed by atoms with Crippen molar-refractivity contribution in [2.24, 2.45) is 0 Å². The van der Waals surface area contributed by atoms with Gasteiger partial charge in [0.05, 0.1) is 11.4 Å². The van der Waals surface area contributed by atoms with Gasteiger partial charge in [-0.15, -0.1) is 0 Å². The van der Waals surface area contributed by atoms with Crippen LogP contribution in [0.5, 0.6) is 0 Å². The molecule has 0 saturated carbocycles. The molecule has 0 aromatic heterocycles. The number of amides is 1. The summed E-state index contributed by atoms with van der Waals surface area (Å²) >= 11 is 0. The first-order valence-electron chi connectivity index (χ1n) is 8.13. The molecule has 6 nitrogen and oxygen atoms in total. The largest absolute Gasteiger partial charge is 0.444 e. The summed E-state index contributed by atoms with van der Waals surface area (Å²) in [6.45, 7) is 0.636. The van der Waals surface area contributed by atoms with Gasteiger partial charge < -0.3 is 4.74 Å². The minimum Gasteiger partial charge on any atom is -0.444 e. The van der Waals surface area contributed by atoms with Gasteiger partial charge in [-0.25, -0.2) is 13.2 Å². The number of anilines is 2. The van der Waals surface area contributed by atoms with Crippen LogP contribution in [0, 0.1) is 0 Å². The van der Waals surface area contributed by atoms with Crippen molar-refractivity contribution in [2.45, 2.75) is 19.4 Å². The molecule has 0 atom stereocenters. The Bertz CT molecular complexity index is 837. The molecule has 1 aliphatic heterocycles. The maximum absolute atomic E-state index is 12.2. The molecule has 0 aliphatic carbocycles. The summed E-state index contributed by atoms with van der Waals surface area (Å²) < 4.78 is 31.0. The molecular formula is C18H20N2O4S. The highest BCUT2D eigenvalue weighted by atomic mass is 32.2. The Morgan fingerprint density at radius 1 is 1.08 bits per heavy atom. The Morgan fingerprint density at radius 3 is 2.64 bits per heavy atom. The fraction of sp³-hybridized carbons (Fsp3) is 0.278. The van der Waals surface area contributed by atoms with Crippen molar-refractivity contribution < 1.29 is 17.9 Å². The molecule has 2 aromatic rings. The van der Waals surface area contributed by atoms with Crippen LogP contribution >= 0.6 is 0 Å². The lowest BCUT2D eigenvalue weighted by atomic mass is 10.2. The van der Waals surface area contributed by atoms with Crippen LogP contribution in [0.1, 0.15) is 18.4 Å². The Kier molecular flexibility index (Phi) is 5.23. The molecule has 1 N–H and O–H groups in total. The Morgan fingerprint density at radius 2 is 1.88 bits per heavy atom. The van der Waals surface area contributed by atoms with Gasteiger partial charge >= 0.3 is 6.09 Å². The van der Waals surface area contributed by atoms with E-state index in [4.69, 9.17) is 4.74 Å². The third-order valence-electron chi connectivity index (χ3n) is 3.94. The van der Waals surface area contributed by atoms with E-state index in [-0.39, 0.29) is 12.4 Å². The number of carbonyl (C=O) groups excluding carboxylic acids is 1. The maximum atomic E-state index is 12.2. The summed E-state index contributed by atoms with van der Waals surface area (Å²) in [4.78, 5) is 11.9. The number of sulfonamides is 1. The Hall–Kier alpha value is -2.54. The van der Waals surface area contributed by atoms with E-state index < -0.39 is 16.1 Å². The van der Waals surface area contributed by atoms with Crippen molar-refractivity contribution in [3.8, 4) is 0 Å². The van der Waals surface area contributed by atoms with E-state index in [2.05, 4.69) is 5.32 Å². The summed E-state index contributed by atoms with van der Waals surface area (Å²) in [5.41, 5.74) is 1.95. The number of nitrogens with one attached hydrogen (secondary N) is 1. The summed E-state index contributed by atoms with van der Waals surface area (Å²) in [5, 5.41) is 2.64. The van der Waals surface area contributed by atoms with E-state index in [1.165, 1.54) is 4.31 Å². The smallest absolute Gasteiger partial charge is 0.411 e. The Labute approximate surface area is 147 Å². The normalized spacial score (nSPS) is 16.2. The molecule has 25 heavy (non-hydrogen) atoms. The monoisotopic (exact) mass is 360 g/mol. The summed E-state index contributed by atoms with van der Waals surface area (Å²) in [6.07, 6.45) is 0.931. The lowest BCUT2D eigenvalue weighted by Crippen LogP contribution is -2.37. The zero-order valence-electron chi connectivity index (χ0n) is 13.7. The van der Waals surface area contributed by atoms with Gasteiger partial charge in [-0.05, 0) is 36.6 Å². The summed E-state index contributed by atoms with van der Waals surface area (Å²) in [5.74, 6) is 0.157. The van der Waals surface area contributed by atoms with Gasteiger partial charge in [0.25, 0.3) is 0 Å². The first kappa shape index (κ1) is 17.3. The average Bonchev–Trinajstić information content (AvgIpc) is 2.61. The van der Waals surface area contributed by atoms with Gasteiger partial charge in [-0.3, -0.25) is 9.62 Å². The first-order valence-corrected chi connectivity index (χ1v) is 9.74. The number of rotatable bonds is 4. The summed E-state index contributed by atoms with van der Waals surface area (Å²) in [7, 11) is -3.28. The van der Waals surface area contributed by atoms with E-state index in [0.29, 0.717) is 24.3 Å². The van der Waals surface area contributed by atoms with Crippen molar-refractivity contribution in [3.63, 3.8) is 0 Å². The highest BCUT2D eigenvalue weighted by Gasteiger charge is 2.26. The zero-order valence-corrected chi connectivity index (χ0v) is 14.5. The lowest BCUT2D eigenvalue weighted by molar-refractivity contribution is 0.155. The molecule has 0 radical (unpaired) electrons. The molecule has 3 rings (SSSR count). The van der Waals surface area contributed by atoms with Gasteiger partial charge in [0.1, 0.15) is 6.61 Å². The maximum Gasteiger partial charge on any atom is 0.411 e. The molecule has 0 bridgehead atoms. The SMILES string of the molecule is O=C(Nc1cccc(N2CCCCS2(=O)=O)c1)OCc1ccccc1. The molecular weight excluding hydrogens is 340 g/mol. The molecule has 7 heteroatoms. The van der Waals surface area contributed by atoms with Crippen LogP contribution < -0.4 is 9.62 Å². The number of hydrogen-bond donors (Lipinski definition) is 1. The fourth-order valence-corrected chi connectivity index (χ4v) is 4.33. The van der Waals surface area contributed by atoms with Crippen LogP contribution in [0.3, 0.4) is 0 Å². The van der Waals surface area contributed by atoms with Gasteiger partial charge in [-0.1, -0.05) is 36.4 Å². The predicted molar refractivity (Wildman–Crippen MR) is 97.1 cm³/mol. The van der Waals surface area contributed by atoms with E-state index in [1.54, 1.807) is 24.3 Å². The van der Waals surface area contributed by atoms with Crippen molar-refractivity contribution in [2.75, 3.05) is 21.9 Å². The van der Waals surface area contributed by atoms with E-state index >= 15 is 0 Å². The predicted octanol–water partition coefficient (Wildman–Crippen LogP) is 3.37. The Balaban J connectivity index is 1.64. The third-order valence-corrected chi connectivity index (χ3v) is 5.81. The lowest BCUT2D eigenvalue weighted by Gasteiger charge is -2.28. The second-order valence-electron chi connectivity index (χ2n) is 5.83.